The van der Waals surface area contributed by atoms with Gasteiger partial charge >= 0.3 is 5.92 Å². The van der Waals surface area contributed by atoms with Crippen LogP contribution in [0.5, 0.6) is 0 Å². The monoisotopic (exact) mass is 291 g/mol. The Kier molecular flexibility index (Phi) is 4.60. The number of aliphatic hydroxyl groups is 1. The molecule has 0 heterocycles. The standard InChI is InChI=1S/C14H19F2NO.ClH/c1-9(17)10-4-3-5-12(8-10)14(15,16)13(2,18)11-6-7-11;/h3-5,8-9,11,18H,6-7,17H2,1-2H3;1H/t9-,13-;/m1./s1. The smallest absolute Gasteiger partial charge is 0.301 e. The first-order chi connectivity index (χ1) is 8.26. The SMILES string of the molecule is C[C@@H](N)c1cccc(C(F)(F)[C@](C)(O)C2CC2)c1.Cl. The second-order valence-electron chi connectivity index (χ2n) is 5.41. The van der Waals surface area contributed by atoms with Crippen LogP contribution in [0.3, 0.4) is 0 Å². The molecule has 1 fully saturated rings. The Bertz CT molecular complexity index is 445. The second kappa shape index (κ2) is 5.35. The molecular weight excluding hydrogens is 272 g/mol. The van der Waals surface area contributed by atoms with Crippen molar-refractivity contribution in [1.29, 1.82) is 0 Å². The van der Waals surface area contributed by atoms with Crippen molar-refractivity contribution < 1.29 is 13.9 Å². The normalized spacial score (nSPS) is 20.3. The number of hydrogen-bond acceptors (Lipinski definition) is 2. The summed E-state index contributed by atoms with van der Waals surface area (Å²) in [6.45, 7) is 2.97. The van der Waals surface area contributed by atoms with E-state index >= 15 is 0 Å². The van der Waals surface area contributed by atoms with Gasteiger partial charge in [-0.2, -0.15) is 8.78 Å². The zero-order valence-corrected chi connectivity index (χ0v) is 11.9. The number of rotatable bonds is 4. The fourth-order valence-electron chi connectivity index (χ4n) is 2.21. The summed E-state index contributed by atoms with van der Waals surface area (Å²) in [5.74, 6) is -3.56. The van der Waals surface area contributed by atoms with E-state index in [-0.39, 0.29) is 29.9 Å². The second-order valence-corrected chi connectivity index (χ2v) is 5.41. The molecule has 0 saturated heterocycles. The third-order valence-electron chi connectivity index (χ3n) is 3.78. The molecule has 0 unspecified atom stereocenters. The van der Waals surface area contributed by atoms with Crippen LogP contribution in [-0.2, 0) is 5.92 Å². The maximum atomic E-state index is 14.4. The van der Waals surface area contributed by atoms with Crippen LogP contribution in [0.1, 0.15) is 43.9 Å². The molecule has 19 heavy (non-hydrogen) atoms. The number of alkyl halides is 2. The Balaban J connectivity index is 0.00000180. The molecule has 5 heteroatoms. The molecular formula is C14H20ClF2NO. The molecule has 2 atom stereocenters. The topological polar surface area (TPSA) is 46.2 Å². The van der Waals surface area contributed by atoms with Crippen molar-refractivity contribution in [1.82, 2.24) is 0 Å². The molecule has 0 amide bonds. The number of benzene rings is 1. The van der Waals surface area contributed by atoms with Crippen LogP contribution >= 0.6 is 12.4 Å². The highest BCUT2D eigenvalue weighted by Crippen LogP contribution is 2.51. The van der Waals surface area contributed by atoms with Crippen LogP contribution in [0.25, 0.3) is 0 Å². The van der Waals surface area contributed by atoms with Gasteiger partial charge in [-0.05, 0) is 44.2 Å². The Morgan fingerprint density at radius 1 is 1.37 bits per heavy atom. The van der Waals surface area contributed by atoms with Crippen molar-refractivity contribution >= 4 is 12.4 Å². The third-order valence-corrected chi connectivity index (χ3v) is 3.78. The zero-order chi connectivity index (χ0) is 13.6. The van der Waals surface area contributed by atoms with Gasteiger partial charge in [0.1, 0.15) is 5.60 Å². The summed E-state index contributed by atoms with van der Waals surface area (Å²) in [5, 5.41) is 10.1. The Morgan fingerprint density at radius 3 is 2.42 bits per heavy atom. The van der Waals surface area contributed by atoms with E-state index in [1.165, 1.54) is 19.1 Å². The zero-order valence-electron chi connectivity index (χ0n) is 11.1. The van der Waals surface area contributed by atoms with E-state index < -0.39 is 11.5 Å². The molecule has 0 aromatic heterocycles. The Hall–Kier alpha value is -0.710. The summed E-state index contributed by atoms with van der Waals surface area (Å²) in [6.07, 6.45) is 1.32. The lowest BCUT2D eigenvalue weighted by molar-refractivity contribution is -0.189. The van der Waals surface area contributed by atoms with Crippen LogP contribution in [-0.4, -0.2) is 10.7 Å². The molecule has 1 aromatic rings. The molecule has 0 aliphatic heterocycles. The van der Waals surface area contributed by atoms with Crippen molar-refractivity contribution in [2.45, 2.75) is 44.3 Å². The van der Waals surface area contributed by atoms with Gasteiger partial charge in [0.15, 0.2) is 0 Å². The van der Waals surface area contributed by atoms with E-state index in [0.717, 1.165) is 0 Å². The fraction of sp³-hybridized carbons (Fsp3) is 0.571. The molecule has 3 N–H and O–H groups in total. The molecule has 1 aromatic carbocycles. The highest BCUT2D eigenvalue weighted by Gasteiger charge is 2.58. The summed E-state index contributed by atoms with van der Waals surface area (Å²) in [6, 6.07) is 5.72. The molecule has 108 valence electrons. The maximum absolute atomic E-state index is 14.4. The lowest BCUT2D eigenvalue weighted by Crippen LogP contribution is -2.45. The predicted octanol–water partition coefficient (Wildman–Crippen LogP) is 3.38. The minimum absolute atomic E-state index is 0. The Labute approximate surface area is 118 Å². The van der Waals surface area contributed by atoms with Gasteiger partial charge in [-0.25, -0.2) is 0 Å². The van der Waals surface area contributed by atoms with E-state index in [4.69, 9.17) is 5.73 Å². The molecule has 0 radical (unpaired) electrons. The molecule has 0 spiro atoms. The fourth-order valence-corrected chi connectivity index (χ4v) is 2.21. The van der Waals surface area contributed by atoms with Gasteiger partial charge in [-0.1, -0.05) is 18.2 Å². The third kappa shape index (κ3) is 2.91. The van der Waals surface area contributed by atoms with Crippen LogP contribution in [0, 0.1) is 5.92 Å². The first-order valence-electron chi connectivity index (χ1n) is 6.23. The van der Waals surface area contributed by atoms with Gasteiger partial charge in [-0.15, -0.1) is 12.4 Å². The van der Waals surface area contributed by atoms with E-state index in [1.807, 2.05) is 0 Å². The first kappa shape index (κ1) is 16.3. The van der Waals surface area contributed by atoms with Crippen molar-refractivity contribution in [3.05, 3.63) is 35.4 Å². The van der Waals surface area contributed by atoms with Crippen molar-refractivity contribution in [2.24, 2.45) is 11.7 Å². The van der Waals surface area contributed by atoms with Crippen molar-refractivity contribution in [3.8, 4) is 0 Å². The quantitative estimate of drug-likeness (QED) is 0.893. The van der Waals surface area contributed by atoms with Gasteiger partial charge in [0.05, 0.1) is 0 Å². The maximum Gasteiger partial charge on any atom is 0.301 e. The van der Waals surface area contributed by atoms with Crippen molar-refractivity contribution in [2.75, 3.05) is 0 Å². The summed E-state index contributed by atoms with van der Waals surface area (Å²) < 4.78 is 28.8. The van der Waals surface area contributed by atoms with Gasteiger partial charge in [0.2, 0.25) is 0 Å². The van der Waals surface area contributed by atoms with Crippen LogP contribution in [0.2, 0.25) is 0 Å². The van der Waals surface area contributed by atoms with E-state index in [1.54, 1.807) is 19.1 Å². The number of nitrogens with two attached hydrogens (primary N) is 1. The highest BCUT2D eigenvalue weighted by atomic mass is 35.5. The minimum Gasteiger partial charge on any atom is -0.383 e. The summed E-state index contributed by atoms with van der Waals surface area (Å²) in [5.41, 5.74) is 4.21. The number of halogens is 3. The lowest BCUT2D eigenvalue weighted by Gasteiger charge is -2.33. The average molecular weight is 292 g/mol. The molecule has 2 nitrogen and oxygen atoms in total. The largest absolute Gasteiger partial charge is 0.383 e. The molecule has 1 aliphatic rings. The molecule has 1 aliphatic carbocycles. The highest BCUT2D eigenvalue weighted by molar-refractivity contribution is 5.85. The summed E-state index contributed by atoms with van der Waals surface area (Å²) in [7, 11) is 0. The molecule has 0 bridgehead atoms. The van der Waals surface area contributed by atoms with Gasteiger partial charge in [0.25, 0.3) is 0 Å². The minimum atomic E-state index is -3.25. The Morgan fingerprint density at radius 2 is 1.95 bits per heavy atom. The van der Waals surface area contributed by atoms with Crippen LogP contribution in [0.4, 0.5) is 8.78 Å². The lowest BCUT2D eigenvalue weighted by atomic mass is 9.86. The molecule has 1 saturated carbocycles. The van der Waals surface area contributed by atoms with Crippen LogP contribution in [0.15, 0.2) is 24.3 Å². The molecule has 2 rings (SSSR count). The van der Waals surface area contributed by atoms with Crippen LogP contribution < -0.4 is 5.73 Å². The van der Waals surface area contributed by atoms with Gasteiger partial charge in [0, 0.05) is 11.6 Å². The predicted molar refractivity (Wildman–Crippen MR) is 73.5 cm³/mol. The van der Waals surface area contributed by atoms with E-state index in [2.05, 4.69) is 0 Å². The summed E-state index contributed by atoms with van der Waals surface area (Å²) >= 11 is 0. The van der Waals surface area contributed by atoms with E-state index in [0.29, 0.717) is 18.4 Å². The van der Waals surface area contributed by atoms with Gasteiger partial charge < -0.3 is 10.8 Å². The van der Waals surface area contributed by atoms with E-state index in [9.17, 15) is 13.9 Å². The number of hydrogen-bond donors (Lipinski definition) is 2. The summed E-state index contributed by atoms with van der Waals surface area (Å²) in [4.78, 5) is 0. The van der Waals surface area contributed by atoms with Gasteiger partial charge in [-0.3, -0.25) is 0 Å². The first-order valence-corrected chi connectivity index (χ1v) is 6.23. The van der Waals surface area contributed by atoms with Crippen molar-refractivity contribution in [3.63, 3.8) is 0 Å². The average Bonchev–Trinajstić information content (AvgIpc) is 3.12.